The number of nitrogens with one attached hydrogen (secondary N) is 1. The Morgan fingerprint density at radius 2 is 1.94 bits per heavy atom. The van der Waals surface area contributed by atoms with Crippen LogP contribution in [0.2, 0.25) is 0 Å². The summed E-state index contributed by atoms with van der Waals surface area (Å²) in [6.45, 7) is 4.01. The maximum absolute atomic E-state index is 4.36. The average molecular weight is 242 g/mol. The third-order valence-electron chi connectivity index (χ3n) is 2.58. The summed E-state index contributed by atoms with van der Waals surface area (Å²) >= 11 is 0. The molecule has 0 aromatic carbocycles. The van der Waals surface area contributed by atoms with E-state index in [4.69, 9.17) is 0 Å². The predicted molar refractivity (Wildman–Crippen MR) is 71.1 cm³/mol. The smallest absolute Gasteiger partial charge is 0.134 e. The van der Waals surface area contributed by atoms with Gasteiger partial charge in [-0.15, -0.1) is 0 Å². The van der Waals surface area contributed by atoms with Crippen molar-refractivity contribution in [3.8, 4) is 0 Å². The number of nitrogens with zero attached hydrogens (tertiary/aromatic N) is 3. The fraction of sp³-hybridized carbons (Fsp3) is 0.357. The monoisotopic (exact) mass is 242 g/mol. The summed E-state index contributed by atoms with van der Waals surface area (Å²) < 4.78 is 0. The van der Waals surface area contributed by atoms with E-state index in [-0.39, 0.29) is 0 Å². The van der Waals surface area contributed by atoms with Gasteiger partial charge in [-0.3, -0.25) is 4.98 Å². The third kappa shape index (κ3) is 3.89. The van der Waals surface area contributed by atoms with E-state index in [2.05, 4.69) is 27.2 Å². The van der Waals surface area contributed by atoms with Gasteiger partial charge in [0.25, 0.3) is 0 Å². The first-order chi connectivity index (χ1) is 8.88. The first kappa shape index (κ1) is 12.6. The lowest BCUT2D eigenvalue weighted by Gasteiger charge is -2.03. The quantitative estimate of drug-likeness (QED) is 0.787. The van der Waals surface area contributed by atoms with Gasteiger partial charge in [-0.2, -0.15) is 0 Å². The van der Waals surface area contributed by atoms with Crippen molar-refractivity contribution >= 4 is 0 Å². The standard InChI is InChI=1S/C14H18N4/c1-2-6-15-9-12-10-17-14(18-11-12)8-13-5-3-4-7-16-13/h3-5,7,10-11,15H,2,6,8-9H2,1H3. The van der Waals surface area contributed by atoms with Crippen LogP contribution in [-0.2, 0) is 13.0 Å². The Balaban J connectivity index is 1.91. The molecule has 0 atom stereocenters. The Morgan fingerprint density at radius 1 is 1.11 bits per heavy atom. The molecular weight excluding hydrogens is 224 g/mol. The number of rotatable bonds is 6. The zero-order chi connectivity index (χ0) is 12.6. The van der Waals surface area contributed by atoms with Crippen LogP contribution in [0, 0.1) is 0 Å². The van der Waals surface area contributed by atoms with Crippen LogP contribution in [0.1, 0.15) is 30.4 Å². The van der Waals surface area contributed by atoms with E-state index < -0.39 is 0 Å². The first-order valence-electron chi connectivity index (χ1n) is 6.29. The van der Waals surface area contributed by atoms with Gasteiger partial charge in [-0.1, -0.05) is 13.0 Å². The normalized spacial score (nSPS) is 10.5. The molecule has 2 rings (SSSR count). The topological polar surface area (TPSA) is 50.7 Å². The lowest BCUT2D eigenvalue weighted by molar-refractivity contribution is 0.670. The number of aromatic nitrogens is 3. The van der Waals surface area contributed by atoms with Crippen molar-refractivity contribution in [2.75, 3.05) is 6.54 Å². The van der Waals surface area contributed by atoms with Gasteiger partial charge in [-0.05, 0) is 25.1 Å². The lowest BCUT2D eigenvalue weighted by atomic mass is 10.2. The summed E-state index contributed by atoms with van der Waals surface area (Å²) in [5.74, 6) is 0.813. The highest BCUT2D eigenvalue weighted by atomic mass is 14.9. The lowest BCUT2D eigenvalue weighted by Crippen LogP contribution is -2.14. The van der Waals surface area contributed by atoms with Gasteiger partial charge in [0.15, 0.2) is 0 Å². The highest BCUT2D eigenvalue weighted by Gasteiger charge is 2.00. The molecule has 4 nitrogen and oxygen atoms in total. The zero-order valence-corrected chi connectivity index (χ0v) is 10.6. The van der Waals surface area contributed by atoms with E-state index >= 15 is 0 Å². The van der Waals surface area contributed by atoms with Gasteiger partial charge < -0.3 is 5.32 Å². The average Bonchev–Trinajstić information content (AvgIpc) is 2.42. The highest BCUT2D eigenvalue weighted by Crippen LogP contribution is 2.02. The van der Waals surface area contributed by atoms with Gasteiger partial charge in [0.1, 0.15) is 5.82 Å². The Bertz CT molecular complexity index is 453. The third-order valence-corrected chi connectivity index (χ3v) is 2.58. The Labute approximate surface area is 108 Å². The van der Waals surface area contributed by atoms with Crippen LogP contribution in [0.25, 0.3) is 0 Å². The molecule has 94 valence electrons. The van der Waals surface area contributed by atoms with Crippen LogP contribution in [0.3, 0.4) is 0 Å². The van der Waals surface area contributed by atoms with Gasteiger partial charge in [0, 0.05) is 42.8 Å². The largest absolute Gasteiger partial charge is 0.313 e. The van der Waals surface area contributed by atoms with Gasteiger partial charge in [-0.25, -0.2) is 9.97 Å². The molecular formula is C14H18N4. The second kappa shape index (κ2) is 6.81. The summed E-state index contributed by atoms with van der Waals surface area (Å²) in [7, 11) is 0. The molecule has 0 fully saturated rings. The molecule has 0 bridgehead atoms. The summed E-state index contributed by atoms with van der Waals surface area (Å²) in [5.41, 5.74) is 2.11. The van der Waals surface area contributed by atoms with Crippen LogP contribution in [0.15, 0.2) is 36.8 Å². The van der Waals surface area contributed by atoms with Gasteiger partial charge in [0.05, 0.1) is 0 Å². The molecule has 0 amide bonds. The summed E-state index contributed by atoms with van der Waals surface area (Å²) in [5, 5.41) is 3.33. The van der Waals surface area contributed by atoms with E-state index in [0.29, 0.717) is 6.42 Å². The SMILES string of the molecule is CCCNCc1cnc(Cc2ccccn2)nc1. The Kier molecular flexibility index (Phi) is 4.78. The van der Waals surface area contributed by atoms with Crippen LogP contribution >= 0.6 is 0 Å². The molecule has 0 saturated carbocycles. The van der Waals surface area contributed by atoms with Crippen molar-refractivity contribution in [1.82, 2.24) is 20.3 Å². The van der Waals surface area contributed by atoms with Crippen molar-refractivity contribution < 1.29 is 0 Å². The second-order valence-electron chi connectivity index (χ2n) is 4.18. The maximum atomic E-state index is 4.36. The van der Waals surface area contributed by atoms with E-state index in [1.807, 2.05) is 30.6 Å². The zero-order valence-electron chi connectivity index (χ0n) is 10.6. The summed E-state index contributed by atoms with van der Waals surface area (Å²) in [6, 6.07) is 5.87. The highest BCUT2D eigenvalue weighted by molar-refractivity contribution is 5.11. The second-order valence-corrected chi connectivity index (χ2v) is 4.18. The first-order valence-corrected chi connectivity index (χ1v) is 6.29. The molecule has 2 aromatic heterocycles. The molecule has 0 spiro atoms. The van der Waals surface area contributed by atoms with E-state index in [1.54, 1.807) is 6.20 Å². The van der Waals surface area contributed by atoms with Crippen molar-refractivity contribution in [3.63, 3.8) is 0 Å². The number of pyridine rings is 1. The fourth-order valence-corrected chi connectivity index (χ4v) is 1.64. The van der Waals surface area contributed by atoms with Crippen molar-refractivity contribution in [3.05, 3.63) is 53.9 Å². The van der Waals surface area contributed by atoms with Crippen LogP contribution in [-0.4, -0.2) is 21.5 Å². The molecule has 1 N–H and O–H groups in total. The number of hydrogen-bond acceptors (Lipinski definition) is 4. The van der Waals surface area contributed by atoms with E-state index in [1.165, 1.54) is 0 Å². The molecule has 0 unspecified atom stereocenters. The van der Waals surface area contributed by atoms with Gasteiger partial charge in [0.2, 0.25) is 0 Å². The summed E-state index contributed by atoms with van der Waals surface area (Å²) in [4.78, 5) is 13.0. The molecule has 2 aromatic rings. The molecule has 0 saturated heterocycles. The van der Waals surface area contributed by atoms with Crippen LogP contribution in [0.5, 0.6) is 0 Å². The van der Waals surface area contributed by atoms with Crippen molar-refractivity contribution in [2.24, 2.45) is 0 Å². The number of hydrogen-bond donors (Lipinski definition) is 1. The molecule has 0 aliphatic heterocycles. The predicted octanol–water partition coefficient (Wildman–Crippen LogP) is 1.96. The Hall–Kier alpha value is -1.81. The van der Waals surface area contributed by atoms with Crippen molar-refractivity contribution in [1.29, 1.82) is 0 Å². The van der Waals surface area contributed by atoms with Gasteiger partial charge >= 0.3 is 0 Å². The van der Waals surface area contributed by atoms with Crippen molar-refractivity contribution in [2.45, 2.75) is 26.3 Å². The van der Waals surface area contributed by atoms with Crippen LogP contribution in [0.4, 0.5) is 0 Å². The Morgan fingerprint density at radius 3 is 2.61 bits per heavy atom. The molecule has 0 radical (unpaired) electrons. The molecule has 0 aliphatic rings. The maximum Gasteiger partial charge on any atom is 0.134 e. The fourth-order valence-electron chi connectivity index (χ4n) is 1.64. The molecule has 0 aliphatic carbocycles. The van der Waals surface area contributed by atoms with Crippen LogP contribution < -0.4 is 5.32 Å². The minimum absolute atomic E-state index is 0.684. The van der Waals surface area contributed by atoms with E-state index in [0.717, 1.165) is 36.6 Å². The van der Waals surface area contributed by atoms with E-state index in [9.17, 15) is 0 Å². The summed E-state index contributed by atoms with van der Waals surface area (Å²) in [6.07, 6.45) is 7.38. The minimum Gasteiger partial charge on any atom is -0.313 e. The molecule has 4 heteroatoms. The molecule has 18 heavy (non-hydrogen) atoms. The minimum atomic E-state index is 0.684. The molecule has 2 heterocycles.